The molecule has 106 valence electrons. The van der Waals surface area contributed by atoms with E-state index < -0.39 is 12.0 Å². The van der Waals surface area contributed by atoms with Crippen LogP contribution in [0.5, 0.6) is 0 Å². The topological polar surface area (TPSA) is 75.4 Å². The number of nitrogens with zero attached hydrogens (tertiary/aromatic N) is 3. The van der Waals surface area contributed by atoms with Gasteiger partial charge in [0.25, 0.3) is 5.91 Å². The van der Waals surface area contributed by atoms with E-state index in [1.807, 2.05) is 27.7 Å². The summed E-state index contributed by atoms with van der Waals surface area (Å²) in [5.41, 5.74) is 0.951. The minimum atomic E-state index is -1.03. The highest BCUT2D eigenvalue weighted by Gasteiger charge is 2.27. The third kappa shape index (κ3) is 2.94. The summed E-state index contributed by atoms with van der Waals surface area (Å²) >= 11 is 0. The normalized spacial score (nSPS) is 13.2. The monoisotopic (exact) mass is 267 g/mol. The van der Waals surface area contributed by atoms with Gasteiger partial charge in [-0.25, -0.2) is 4.79 Å². The molecule has 0 spiro atoms. The van der Waals surface area contributed by atoms with Gasteiger partial charge in [0.1, 0.15) is 6.04 Å². The summed E-state index contributed by atoms with van der Waals surface area (Å²) in [6, 6.07) is -0.870. The number of hydrogen-bond donors (Lipinski definition) is 1. The Bertz CT molecular complexity index is 500. The molecule has 0 aliphatic heterocycles. The Hall–Kier alpha value is -1.85. The molecule has 0 aliphatic carbocycles. The Kier molecular flexibility index (Phi) is 4.03. The standard InChI is InChI=1S/C13H21N3O3/c1-8-10(7-14-16(8)13(3,4)5)11(17)15(6)9(2)12(18)19/h7,9H,1-6H3,(H,18,19). The van der Waals surface area contributed by atoms with Gasteiger partial charge in [-0.05, 0) is 34.6 Å². The third-order valence-corrected chi connectivity index (χ3v) is 3.13. The van der Waals surface area contributed by atoms with Crippen LogP contribution in [-0.4, -0.2) is 44.8 Å². The Morgan fingerprint density at radius 3 is 2.32 bits per heavy atom. The summed E-state index contributed by atoms with van der Waals surface area (Å²) in [6.45, 7) is 9.26. The highest BCUT2D eigenvalue weighted by atomic mass is 16.4. The molecule has 0 saturated carbocycles. The van der Waals surface area contributed by atoms with E-state index in [0.29, 0.717) is 5.56 Å². The summed E-state index contributed by atoms with van der Waals surface area (Å²) in [7, 11) is 1.48. The molecule has 1 atom stereocenters. The average molecular weight is 267 g/mol. The van der Waals surface area contributed by atoms with Crippen LogP contribution in [0.4, 0.5) is 0 Å². The smallest absolute Gasteiger partial charge is 0.326 e. The number of carboxylic acids is 1. The van der Waals surface area contributed by atoms with Crippen LogP contribution in [0.25, 0.3) is 0 Å². The molecule has 0 saturated heterocycles. The second-order valence-electron chi connectivity index (χ2n) is 5.66. The van der Waals surface area contributed by atoms with Crippen molar-refractivity contribution in [1.82, 2.24) is 14.7 Å². The number of amides is 1. The molecule has 0 bridgehead atoms. The van der Waals surface area contributed by atoms with Gasteiger partial charge in [0, 0.05) is 12.7 Å². The molecule has 19 heavy (non-hydrogen) atoms. The van der Waals surface area contributed by atoms with Crippen molar-refractivity contribution >= 4 is 11.9 Å². The molecule has 1 unspecified atom stereocenters. The molecule has 0 radical (unpaired) electrons. The maximum Gasteiger partial charge on any atom is 0.326 e. The Balaban J connectivity index is 3.09. The molecule has 0 fully saturated rings. The molecule has 6 heteroatoms. The first kappa shape index (κ1) is 15.2. The fourth-order valence-electron chi connectivity index (χ4n) is 1.83. The van der Waals surface area contributed by atoms with Crippen LogP contribution in [0.1, 0.15) is 43.7 Å². The predicted molar refractivity (Wildman–Crippen MR) is 71.2 cm³/mol. The number of carbonyl (C=O) groups excluding carboxylic acids is 1. The van der Waals surface area contributed by atoms with Gasteiger partial charge in [-0.1, -0.05) is 0 Å². The van der Waals surface area contributed by atoms with Crippen molar-refractivity contribution in [3.63, 3.8) is 0 Å². The first-order chi connectivity index (χ1) is 8.57. The maximum absolute atomic E-state index is 12.3. The van der Waals surface area contributed by atoms with E-state index in [9.17, 15) is 9.59 Å². The van der Waals surface area contributed by atoms with E-state index >= 15 is 0 Å². The molecular formula is C13H21N3O3. The number of carboxylic acid groups (broad SMARTS) is 1. The number of hydrogen-bond acceptors (Lipinski definition) is 3. The first-order valence-electron chi connectivity index (χ1n) is 6.12. The highest BCUT2D eigenvalue weighted by Crippen LogP contribution is 2.19. The zero-order valence-electron chi connectivity index (χ0n) is 12.3. The van der Waals surface area contributed by atoms with Gasteiger partial charge in [0.05, 0.1) is 17.3 Å². The fourth-order valence-corrected chi connectivity index (χ4v) is 1.83. The lowest BCUT2D eigenvalue weighted by atomic mass is 10.1. The Labute approximate surface area is 113 Å². The van der Waals surface area contributed by atoms with Gasteiger partial charge >= 0.3 is 5.97 Å². The van der Waals surface area contributed by atoms with Crippen LogP contribution in [0, 0.1) is 6.92 Å². The van der Waals surface area contributed by atoms with E-state index in [4.69, 9.17) is 5.11 Å². The average Bonchev–Trinajstić information content (AvgIpc) is 2.67. The molecular weight excluding hydrogens is 246 g/mol. The zero-order chi connectivity index (χ0) is 15.0. The number of rotatable bonds is 3. The summed E-state index contributed by atoms with van der Waals surface area (Å²) in [6.07, 6.45) is 1.49. The lowest BCUT2D eigenvalue weighted by molar-refractivity contribution is -0.141. The predicted octanol–water partition coefficient (Wildman–Crippen LogP) is 1.49. The SMILES string of the molecule is Cc1c(C(=O)N(C)C(C)C(=O)O)cnn1C(C)(C)C. The molecule has 1 aromatic rings. The second-order valence-corrected chi connectivity index (χ2v) is 5.66. The van der Waals surface area contributed by atoms with Crippen molar-refractivity contribution in [2.75, 3.05) is 7.05 Å². The van der Waals surface area contributed by atoms with Crippen LogP contribution in [0.3, 0.4) is 0 Å². The van der Waals surface area contributed by atoms with E-state index in [1.54, 1.807) is 4.68 Å². The minimum Gasteiger partial charge on any atom is -0.480 e. The quantitative estimate of drug-likeness (QED) is 0.900. The van der Waals surface area contributed by atoms with Crippen molar-refractivity contribution in [3.05, 3.63) is 17.5 Å². The summed E-state index contributed by atoms with van der Waals surface area (Å²) in [4.78, 5) is 24.4. The summed E-state index contributed by atoms with van der Waals surface area (Å²) in [5, 5.41) is 13.2. The van der Waals surface area contributed by atoms with E-state index in [2.05, 4.69) is 5.10 Å². The minimum absolute atomic E-state index is 0.223. The summed E-state index contributed by atoms with van der Waals surface area (Å²) < 4.78 is 1.76. The molecule has 1 heterocycles. The van der Waals surface area contributed by atoms with Crippen LogP contribution in [0.15, 0.2) is 6.20 Å². The number of aliphatic carboxylic acids is 1. The van der Waals surface area contributed by atoms with Crippen LogP contribution < -0.4 is 0 Å². The number of aromatic nitrogens is 2. The van der Waals surface area contributed by atoms with Crippen molar-refractivity contribution in [2.24, 2.45) is 0 Å². The third-order valence-electron chi connectivity index (χ3n) is 3.13. The van der Waals surface area contributed by atoms with Crippen LogP contribution >= 0.6 is 0 Å². The largest absolute Gasteiger partial charge is 0.480 e. The summed E-state index contributed by atoms with van der Waals surface area (Å²) in [5.74, 6) is -1.36. The van der Waals surface area contributed by atoms with Crippen molar-refractivity contribution < 1.29 is 14.7 Å². The number of likely N-dealkylation sites (N-methyl/N-ethyl adjacent to an activating group) is 1. The van der Waals surface area contributed by atoms with E-state index in [1.165, 1.54) is 25.1 Å². The van der Waals surface area contributed by atoms with Crippen LogP contribution in [0.2, 0.25) is 0 Å². The lowest BCUT2D eigenvalue weighted by Crippen LogP contribution is -2.40. The van der Waals surface area contributed by atoms with Gasteiger partial charge in [0.2, 0.25) is 0 Å². The van der Waals surface area contributed by atoms with Gasteiger partial charge < -0.3 is 10.0 Å². The first-order valence-corrected chi connectivity index (χ1v) is 6.12. The van der Waals surface area contributed by atoms with Gasteiger partial charge in [-0.2, -0.15) is 5.10 Å². The molecule has 1 amide bonds. The zero-order valence-corrected chi connectivity index (χ0v) is 12.3. The van der Waals surface area contributed by atoms with Crippen LogP contribution in [-0.2, 0) is 10.3 Å². The van der Waals surface area contributed by atoms with E-state index in [0.717, 1.165) is 5.69 Å². The Morgan fingerprint density at radius 2 is 1.95 bits per heavy atom. The molecule has 0 aromatic carbocycles. The molecule has 1 N–H and O–H groups in total. The molecule has 1 aromatic heterocycles. The lowest BCUT2D eigenvalue weighted by Gasteiger charge is -2.23. The van der Waals surface area contributed by atoms with Crippen molar-refractivity contribution in [3.8, 4) is 0 Å². The Morgan fingerprint density at radius 1 is 1.42 bits per heavy atom. The van der Waals surface area contributed by atoms with Gasteiger partial charge in [-0.15, -0.1) is 0 Å². The second kappa shape index (κ2) is 5.03. The van der Waals surface area contributed by atoms with Crippen molar-refractivity contribution in [2.45, 2.75) is 46.2 Å². The molecule has 1 rings (SSSR count). The number of carbonyl (C=O) groups is 2. The highest BCUT2D eigenvalue weighted by molar-refractivity contribution is 5.97. The maximum atomic E-state index is 12.3. The van der Waals surface area contributed by atoms with Crippen molar-refractivity contribution in [1.29, 1.82) is 0 Å². The molecule has 6 nitrogen and oxygen atoms in total. The van der Waals surface area contributed by atoms with E-state index in [-0.39, 0.29) is 11.4 Å². The van der Waals surface area contributed by atoms with Gasteiger partial charge in [0.15, 0.2) is 0 Å². The fraction of sp³-hybridized carbons (Fsp3) is 0.615. The van der Waals surface area contributed by atoms with Gasteiger partial charge in [-0.3, -0.25) is 9.48 Å². The molecule has 0 aliphatic rings.